The molecule has 1 atom stereocenters. The van der Waals surface area contributed by atoms with Crippen molar-refractivity contribution in [3.05, 3.63) is 0 Å². The lowest BCUT2D eigenvalue weighted by molar-refractivity contribution is -0.128. The fourth-order valence-electron chi connectivity index (χ4n) is 5.08. The summed E-state index contributed by atoms with van der Waals surface area (Å²) in [6.45, 7) is 0.385. The predicted molar refractivity (Wildman–Crippen MR) is 68.7 cm³/mol. The molecular formula is C14H24N2O2. The van der Waals surface area contributed by atoms with Gasteiger partial charge in [-0.05, 0) is 61.7 Å². The van der Waals surface area contributed by atoms with Gasteiger partial charge in [0.25, 0.3) is 0 Å². The molecule has 4 bridgehead atoms. The monoisotopic (exact) mass is 252 g/mol. The Labute approximate surface area is 108 Å². The predicted octanol–water partition coefficient (Wildman–Crippen LogP) is 0.639. The van der Waals surface area contributed by atoms with Crippen LogP contribution in [0, 0.1) is 23.2 Å². The summed E-state index contributed by atoms with van der Waals surface area (Å²) < 4.78 is 0. The molecule has 4 saturated carbocycles. The number of carbonyl (C=O) groups excluding carboxylic acids is 1. The average molecular weight is 252 g/mol. The number of rotatable bonds is 4. The molecule has 102 valence electrons. The van der Waals surface area contributed by atoms with Crippen LogP contribution in [0.25, 0.3) is 0 Å². The van der Waals surface area contributed by atoms with Crippen LogP contribution in [0.4, 0.5) is 0 Å². The maximum absolute atomic E-state index is 11.2. The van der Waals surface area contributed by atoms with E-state index in [1.807, 2.05) is 0 Å². The van der Waals surface area contributed by atoms with Crippen molar-refractivity contribution in [1.82, 2.24) is 5.32 Å². The lowest BCUT2D eigenvalue weighted by atomic mass is 9.48. The minimum Gasteiger partial charge on any atom is -0.391 e. The first-order valence-electron chi connectivity index (χ1n) is 7.26. The number of aliphatic hydroxyl groups is 1. The fraction of sp³-hybridized carbons (Fsp3) is 0.929. The maximum Gasteiger partial charge on any atom is 0.233 e. The highest BCUT2D eigenvalue weighted by atomic mass is 16.3. The smallest absolute Gasteiger partial charge is 0.233 e. The SMILES string of the molecule is NCC(=O)NCC(O)C12CC3CC(CC(C3)C1)C2. The van der Waals surface area contributed by atoms with Gasteiger partial charge >= 0.3 is 0 Å². The highest BCUT2D eigenvalue weighted by molar-refractivity contribution is 5.77. The molecule has 1 amide bonds. The number of nitrogens with two attached hydrogens (primary N) is 1. The highest BCUT2D eigenvalue weighted by Gasteiger charge is 2.53. The largest absolute Gasteiger partial charge is 0.391 e. The van der Waals surface area contributed by atoms with Crippen LogP contribution in [-0.2, 0) is 4.79 Å². The normalized spacial score (nSPS) is 42.9. The van der Waals surface area contributed by atoms with Crippen LogP contribution >= 0.6 is 0 Å². The topological polar surface area (TPSA) is 75.4 Å². The Morgan fingerprint density at radius 3 is 2.17 bits per heavy atom. The minimum atomic E-state index is -0.388. The van der Waals surface area contributed by atoms with Gasteiger partial charge in [0.1, 0.15) is 0 Å². The zero-order valence-corrected chi connectivity index (χ0v) is 10.9. The lowest BCUT2D eigenvalue weighted by Gasteiger charge is -2.58. The lowest BCUT2D eigenvalue weighted by Crippen LogP contribution is -2.54. The molecule has 4 rings (SSSR count). The summed E-state index contributed by atoms with van der Waals surface area (Å²) in [7, 11) is 0. The minimum absolute atomic E-state index is 0.00753. The van der Waals surface area contributed by atoms with E-state index in [9.17, 15) is 9.90 Å². The Kier molecular flexibility index (Phi) is 3.10. The quantitative estimate of drug-likeness (QED) is 0.687. The molecule has 4 fully saturated rings. The average Bonchev–Trinajstić information content (AvgIpc) is 2.33. The van der Waals surface area contributed by atoms with E-state index in [0.29, 0.717) is 6.54 Å². The number of hydrogen-bond donors (Lipinski definition) is 3. The number of nitrogens with one attached hydrogen (secondary N) is 1. The molecule has 0 heterocycles. The number of hydrogen-bond acceptors (Lipinski definition) is 3. The number of amides is 1. The van der Waals surface area contributed by atoms with E-state index < -0.39 is 0 Å². The molecular weight excluding hydrogens is 228 g/mol. The van der Waals surface area contributed by atoms with E-state index in [1.165, 1.54) is 38.5 Å². The van der Waals surface area contributed by atoms with E-state index in [0.717, 1.165) is 17.8 Å². The molecule has 0 radical (unpaired) electrons. The van der Waals surface area contributed by atoms with E-state index >= 15 is 0 Å². The van der Waals surface area contributed by atoms with Crippen LogP contribution in [0.5, 0.6) is 0 Å². The summed E-state index contributed by atoms with van der Waals surface area (Å²) in [6.07, 6.45) is 7.24. The van der Waals surface area contributed by atoms with Gasteiger partial charge in [0.05, 0.1) is 12.6 Å². The van der Waals surface area contributed by atoms with E-state index in [-0.39, 0.29) is 24.0 Å². The molecule has 0 spiro atoms. The molecule has 4 N–H and O–H groups in total. The number of aliphatic hydroxyl groups excluding tert-OH is 1. The molecule has 4 heteroatoms. The second-order valence-corrected chi connectivity index (χ2v) is 6.80. The zero-order chi connectivity index (χ0) is 12.8. The third kappa shape index (κ3) is 2.05. The zero-order valence-electron chi connectivity index (χ0n) is 10.9. The van der Waals surface area contributed by atoms with Gasteiger partial charge in [0.15, 0.2) is 0 Å². The Morgan fingerprint density at radius 2 is 1.72 bits per heavy atom. The summed E-state index contributed by atoms with van der Waals surface area (Å²) in [4.78, 5) is 11.2. The summed E-state index contributed by atoms with van der Waals surface area (Å²) in [5.41, 5.74) is 5.36. The van der Waals surface area contributed by atoms with E-state index in [4.69, 9.17) is 5.73 Å². The second-order valence-electron chi connectivity index (χ2n) is 6.80. The molecule has 4 aliphatic rings. The Balaban J connectivity index is 1.65. The highest BCUT2D eigenvalue weighted by Crippen LogP contribution is 2.61. The van der Waals surface area contributed by atoms with Crippen molar-refractivity contribution >= 4 is 5.91 Å². The summed E-state index contributed by atoms with van der Waals surface area (Å²) >= 11 is 0. The summed E-state index contributed by atoms with van der Waals surface area (Å²) in [6, 6.07) is 0. The van der Waals surface area contributed by atoms with E-state index in [2.05, 4.69) is 5.32 Å². The van der Waals surface area contributed by atoms with Gasteiger partial charge in [0.2, 0.25) is 5.91 Å². The standard InChI is InChI=1S/C14H24N2O2/c15-7-13(18)16-8-12(17)14-4-9-1-10(5-14)3-11(2-9)6-14/h9-12,17H,1-8,15H2,(H,16,18). The van der Waals surface area contributed by atoms with Gasteiger partial charge in [-0.3, -0.25) is 4.79 Å². The first kappa shape index (κ1) is 12.4. The Bertz CT molecular complexity index is 307. The van der Waals surface area contributed by atoms with Crippen molar-refractivity contribution in [1.29, 1.82) is 0 Å². The molecule has 18 heavy (non-hydrogen) atoms. The van der Waals surface area contributed by atoms with Crippen LogP contribution in [0.1, 0.15) is 38.5 Å². The maximum atomic E-state index is 11.2. The molecule has 1 unspecified atom stereocenters. The number of carbonyl (C=O) groups is 1. The molecule has 4 aliphatic carbocycles. The van der Waals surface area contributed by atoms with Gasteiger partial charge in [-0.15, -0.1) is 0 Å². The van der Waals surface area contributed by atoms with Crippen molar-refractivity contribution in [2.45, 2.75) is 44.6 Å². The first-order valence-corrected chi connectivity index (χ1v) is 7.26. The Hall–Kier alpha value is -0.610. The van der Waals surface area contributed by atoms with Crippen molar-refractivity contribution in [2.75, 3.05) is 13.1 Å². The van der Waals surface area contributed by atoms with Gasteiger partial charge in [-0.1, -0.05) is 0 Å². The van der Waals surface area contributed by atoms with Gasteiger partial charge in [0, 0.05) is 6.54 Å². The van der Waals surface area contributed by atoms with Crippen LogP contribution in [0.3, 0.4) is 0 Å². The fourth-order valence-corrected chi connectivity index (χ4v) is 5.08. The van der Waals surface area contributed by atoms with Gasteiger partial charge < -0.3 is 16.2 Å². The van der Waals surface area contributed by atoms with Crippen LogP contribution in [-0.4, -0.2) is 30.2 Å². The van der Waals surface area contributed by atoms with Crippen molar-refractivity contribution in [3.8, 4) is 0 Å². The second kappa shape index (κ2) is 4.49. The summed E-state index contributed by atoms with van der Waals surface area (Å²) in [5, 5.41) is 13.2. The first-order chi connectivity index (χ1) is 8.61. The third-order valence-corrected chi connectivity index (χ3v) is 5.47. The van der Waals surface area contributed by atoms with Crippen molar-refractivity contribution in [2.24, 2.45) is 28.9 Å². The molecule has 4 nitrogen and oxygen atoms in total. The van der Waals surface area contributed by atoms with Crippen LogP contribution in [0.15, 0.2) is 0 Å². The van der Waals surface area contributed by atoms with Crippen LogP contribution in [0.2, 0.25) is 0 Å². The van der Waals surface area contributed by atoms with Crippen molar-refractivity contribution < 1.29 is 9.90 Å². The molecule has 0 aliphatic heterocycles. The van der Waals surface area contributed by atoms with Crippen molar-refractivity contribution in [3.63, 3.8) is 0 Å². The van der Waals surface area contributed by atoms with E-state index in [1.54, 1.807) is 0 Å². The van der Waals surface area contributed by atoms with Gasteiger partial charge in [-0.25, -0.2) is 0 Å². The molecule has 0 aromatic heterocycles. The summed E-state index contributed by atoms with van der Waals surface area (Å²) in [5.74, 6) is 2.32. The molecule has 0 saturated heterocycles. The molecule has 0 aromatic rings. The third-order valence-electron chi connectivity index (χ3n) is 5.47. The molecule has 0 aromatic carbocycles. The van der Waals surface area contributed by atoms with Crippen LogP contribution < -0.4 is 11.1 Å². The Morgan fingerprint density at radius 1 is 1.22 bits per heavy atom. The van der Waals surface area contributed by atoms with Gasteiger partial charge in [-0.2, -0.15) is 0 Å².